The summed E-state index contributed by atoms with van der Waals surface area (Å²) in [4.78, 5) is 32.9. The molecule has 6 heteroatoms. The highest BCUT2D eigenvalue weighted by molar-refractivity contribution is 6.07. The van der Waals surface area contributed by atoms with Crippen molar-refractivity contribution in [3.63, 3.8) is 0 Å². The zero-order valence-corrected chi connectivity index (χ0v) is 14.1. The third-order valence-corrected chi connectivity index (χ3v) is 3.82. The first-order valence-corrected chi connectivity index (χ1v) is 8.17. The van der Waals surface area contributed by atoms with Gasteiger partial charge >= 0.3 is 0 Å². The first-order chi connectivity index (χ1) is 12.7. The highest BCUT2D eigenvalue weighted by Crippen LogP contribution is 2.10. The maximum atomic E-state index is 12.5. The lowest BCUT2D eigenvalue weighted by molar-refractivity contribution is 0.0916. The Bertz CT molecular complexity index is 808. The molecule has 0 spiro atoms. The molecule has 0 fully saturated rings. The maximum Gasteiger partial charge on any atom is 0.252 e. The number of hydrogen-bond donors (Lipinski definition) is 2. The van der Waals surface area contributed by atoms with Crippen molar-refractivity contribution in [2.24, 2.45) is 0 Å². The Morgan fingerprint density at radius 3 is 1.42 bits per heavy atom. The van der Waals surface area contributed by atoms with Crippen molar-refractivity contribution < 1.29 is 9.59 Å². The Hall–Kier alpha value is -3.54. The van der Waals surface area contributed by atoms with Crippen molar-refractivity contribution in [2.75, 3.05) is 0 Å². The molecule has 2 N–H and O–H groups in total. The van der Waals surface area contributed by atoms with Crippen LogP contribution in [0.2, 0.25) is 0 Å². The van der Waals surface area contributed by atoms with Gasteiger partial charge in [0.05, 0.1) is 11.1 Å². The fraction of sp³-hybridized carbons (Fsp3) is 0.100. The summed E-state index contributed by atoms with van der Waals surface area (Å²) in [5.41, 5.74) is 2.56. The molecule has 1 aromatic carbocycles. The molecule has 2 amide bonds. The summed E-state index contributed by atoms with van der Waals surface area (Å²) in [7, 11) is 0. The summed E-state index contributed by atoms with van der Waals surface area (Å²) >= 11 is 0. The van der Waals surface area contributed by atoms with Crippen molar-refractivity contribution in [1.29, 1.82) is 0 Å². The van der Waals surface area contributed by atoms with Gasteiger partial charge < -0.3 is 10.6 Å². The monoisotopic (exact) mass is 346 g/mol. The molecular weight excluding hydrogens is 328 g/mol. The Balaban J connectivity index is 1.66. The van der Waals surface area contributed by atoms with Crippen LogP contribution >= 0.6 is 0 Å². The topological polar surface area (TPSA) is 84.0 Å². The number of nitrogens with one attached hydrogen (secondary N) is 2. The van der Waals surface area contributed by atoms with E-state index < -0.39 is 0 Å². The van der Waals surface area contributed by atoms with Crippen LogP contribution in [-0.2, 0) is 13.1 Å². The average molecular weight is 346 g/mol. The summed E-state index contributed by atoms with van der Waals surface area (Å²) in [6, 6.07) is 14.1. The van der Waals surface area contributed by atoms with Crippen LogP contribution in [0.15, 0.2) is 73.3 Å². The van der Waals surface area contributed by atoms with E-state index in [1.54, 1.807) is 49.1 Å². The number of carbonyl (C=O) groups excluding carboxylic acids is 2. The number of rotatable bonds is 6. The van der Waals surface area contributed by atoms with E-state index >= 15 is 0 Å². The van der Waals surface area contributed by atoms with Crippen LogP contribution in [0.25, 0.3) is 0 Å². The van der Waals surface area contributed by atoms with Gasteiger partial charge in [0.25, 0.3) is 11.8 Å². The minimum Gasteiger partial charge on any atom is -0.348 e. The zero-order valence-electron chi connectivity index (χ0n) is 14.1. The summed E-state index contributed by atoms with van der Waals surface area (Å²) in [5.74, 6) is -0.590. The maximum absolute atomic E-state index is 12.5. The van der Waals surface area contributed by atoms with Gasteiger partial charge in [-0.3, -0.25) is 19.6 Å². The van der Waals surface area contributed by atoms with E-state index in [9.17, 15) is 9.59 Å². The van der Waals surface area contributed by atoms with E-state index in [0.29, 0.717) is 24.2 Å². The Morgan fingerprint density at radius 2 is 1.04 bits per heavy atom. The SMILES string of the molecule is O=C(NCc1ccncc1)c1ccccc1C(=O)NCc1ccncc1. The van der Waals surface area contributed by atoms with Gasteiger partial charge in [0, 0.05) is 37.9 Å². The predicted octanol–water partition coefficient (Wildman–Crippen LogP) is 2.34. The molecule has 0 saturated carbocycles. The van der Waals surface area contributed by atoms with Gasteiger partial charge in [-0.05, 0) is 47.5 Å². The number of pyridine rings is 2. The normalized spacial score (nSPS) is 10.2. The molecule has 3 rings (SSSR count). The van der Waals surface area contributed by atoms with Crippen molar-refractivity contribution in [3.05, 3.63) is 95.6 Å². The Labute approximate surface area is 151 Å². The zero-order chi connectivity index (χ0) is 18.2. The molecule has 0 unspecified atom stereocenters. The molecule has 0 aliphatic carbocycles. The second-order valence-electron chi connectivity index (χ2n) is 5.62. The van der Waals surface area contributed by atoms with E-state index in [1.807, 2.05) is 24.3 Å². The van der Waals surface area contributed by atoms with Gasteiger partial charge in [-0.1, -0.05) is 12.1 Å². The molecule has 26 heavy (non-hydrogen) atoms. The van der Waals surface area contributed by atoms with Crippen molar-refractivity contribution in [1.82, 2.24) is 20.6 Å². The number of hydrogen-bond acceptors (Lipinski definition) is 4. The summed E-state index contributed by atoms with van der Waals surface area (Å²) < 4.78 is 0. The van der Waals surface area contributed by atoms with Crippen LogP contribution in [0, 0.1) is 0 Å². The minimum atomic E-state index is -0.295. The highest BCUT2D eigenvalue weighted by atomic mass is 16.2. The summed E-state index contributed by atoms with van der Waals surface area (Å²) in [6.45, 7) is 0.739. The van der Waals surface area contributed by atoms with Crippen molar-refractivity contribution in [3.8, 4) is 0 Å². The first-order valence-electron chi connectivity index (χ1n) is 8.17. The molecule has 2 aromatic heterocycles. The predicted molar refractivity (Wildman–Crippen MR) is 97.3 cm³/mol. The van der Waals surface area contributed by atoms with Crippen LogP contribution in [0.5, 0.6) is 0 Å². The lowest BCUT2D eigenvalue weighted by Gasteiger charge is -2.11. The van der Waals surface area contributed by atoms with Gasteiger partial charge in [0.1, 0.15) is 0 Å². The van der Waals surface area contributed by atoms with Gasteiger partial charge in [-0.25, -0.2) is 0 Å². The van der Waals surface area contributed by atoms with Crippen LogP contribution in [0.3, 0.4) is 0 Å². The molecule has 0 atom stereocenters. The number of aromatic nitrogens is 2. The fourth-order valence-electron chi connectivity index (χ4n) is 2.44. The van der Waals surface area contributed by atoms with Gasteiger partial charge in [0.15, 0.2) is 0 Å². The van der Waals surface area contributed by atoms with Crippen LogP contribution in [0.4, 0.5) is 0 Å². The number of benzene rings is 1. The lowest BCUT2D eigenvalue weighted by atomic mass is 10.1. The second-order valence-corrected chi connectivity index (χ2v) is 5.62. The summed E-state index contributed by atoms with van der Waals surface area (Å²) in [6.07, 6.45) is 6.67. The third-order valence-electron chi connectivity index (χ3n) is 3.82. The smallest absolute Gasteiger partial charge is 0.252 e. The quantitative estimate of drug-likeness (QED) is 0.717. The van der Waals surface area contributed by atoms with E-state index in [2.05, 4.69) is 20.6 Å². The molecule has 0 radical (unpaired) electrons. The second kappa shape index (κ2) is 8.53. The van der Waals surface area contributed by atoms with Gasteiger partial charge in [-0.2, -0.15) is 0 Å². The molecule has 0 saturated heterocycles. The average Bonchev–Trinajstić information content (AvgIpc) is 2.72. The molecule has 3 aromatic rings. The van der Waals surface area contributed by atoms with E-state index in [4.69, 9.17) is 0 Å². The number of carbonyl (C=O) groups is 2. The number of amides is 2. The van der Waals surface area contributed by atoms with Gasteiger partial charge in [0.2, 0.25) is 0 Å². The molecule has 0 aliphatic heterocycles. The molecule has 6 nitrogen and oxygen atoms in total. The summed E-state index contributed by atoms with van der Waals surface area (Å²) in [5, 5.41) is 5.66. The third kappa shape index (κ3) is 4.51. The van der Waals surface area contributed by atoms with E-state index in [-0.39, 0.29) is 11.8 Å². The van der Waals surface area contributed by atoms with Crippen LogP contribution in [0.1, 0.15) is 31.8 Å². The molecule has 0 aliphatic rings. The minimum absolute atomic E-state index is 0.295. The largest absolute Gasteiger partial charge is 0.348 e. The first kappa shape index (κ1) is 17.3. The molecular formula is C20H18N4O2. The highest BCUT2D eigenvalue weighted by Gasteiger charge is 2.16. The molecule has 130 valence electrons. The van der Waals surface area contributed by atoms with Crippen LogP contribution in [-0.4, -0.2) is 21.8 Å². The van der Waals surface area contributed by atoms with E-state index in [0.717, 1.165) is 11.1 Å². The van der Waals surface area contributed by atoms with Crippen molar-refractivity contribution in [2.45, 2.75) is 13.1 Å². The fourth-order valence-corrected chi connectivity index (χ4v) is 2.44. The van der Waals surface area contributed by atoms with Crippen LogP contribution < -0.4 is 10.6 Å². The van der Waals surface area contributed by atoms with Gasteiger partial charge in [-0.15, -0.1) is 0 Å². The van der Waals surface area contributed by atoms with Crippen molar-refractivity contribution >= 4 is 11.8 Å². The Morgan fingerprint density at radius 1 is 0.654 bits per heavy atom. The molecule has 0 bridgehead atoms. The number of nitrogens with zero attached hydrogens (tertiary/aromatic N) is 2. The Kier molecular flexibility index (Phi) is 5.67. The standard InChI is InChI=1S/C20H18N4O2/c25-19(23-13-15-5-9-21-10-6-15)17-3-1-2-4-18(17)20(26)24-14-16-7-11-22-12-8-16/h1-12H,13-14H2,(H,23,25)(H,24,26). The lowest BCUT2D eigenvalue weighted by Crippen LogP contribution is -2.29. The molecule has 2 heterocycles. The van der Waals surface area contributed by atoms with E-state index in [1.165, 1.54) is 0 Å².